The number of pyridine rings is 1. The first-order chi connectivity index (χ1) is 12.3. The summed E-state index contributed by atoms with van der Waals surface area (Å²) in [5, 5.41) is 14.0. The van der Waals surface area contributed by atoms with Crippen LogP contribution in [-0.2, 0) is 6.54 Å². The average molecular weight is 337 g/mol. The topological polar surface area (TPSA) is 61.5 Å². The summed E-state index contributed by atoms with van der Waals surface area (Å²) in [6.45, 7) is 2.86. The summed E-state index contributed by atoms with van der Waals surface area (Å²) >= 11 is 0. The molecular formula is C20H23N3O2. The van der Waals surface area contributed by atoms with Crippen LogP contribution in [0, 0.1) is 5.92 Å². The van der Waals surface area contributed by atoms with Crippen LogP contribution in [-0.4, -0.2) is 29.8 Å². The maximum atomic E-state index is 9.32. The molecule has 0 aliphatic carbocycles. The van der Waals surface area contributed by atoms with Crippen LogP contribution in [0.5, 0.6) is 0 Å². The molecule has 2 N–H and O–H groups in total. The molecule has 1 aromatic carbocycles. The van der Waals surface area contributed by atoms with Gasteiger partial charge in [-0.05, 0) is 37.0 Å². The Morgan fingerprint density at radius 1 is 1.16 bits per heavy atom. The normalized spacial score (nSPS) is 15.6. The molecule has 5 nitrogen and oxygen atoms in total. The smallest absolute Gasteiger partial charge is 0.151 e. The number of nitrogens with zero attached hydrogens (tertiary/aromatic N) is 2. The summed E-state index contributed by atoms with van der Waals surface area (Å²) < 4.78 is 5.62. The van der Waals surface area contributed by atoms with E-state index in [0.29, 0.717) is 12.5 Å². The van der Waals surface area contributed by atoms with Crippen molar-refractivity contribution in [2.24, 2.45) is 5.92 Å². The Morgan fingerprint density at radius 3 is 2.84 bits per heavy atom. The van der Waals surface area contributed by atoms with Crippen molar-refractivity contribution in [2.45, 2.75) is 19.4 Å². The molecule has 3 heterocycles. The van der Waals surface area contributed by atoms with Gasteiger partial charge in [-0.15, -0.1) is 0 Å². The molecule has 0 bridgehead atoms. The van der Waals surface area contributed by atoms with E-state index < -0.39 is 0 Å². The van der Waals surface area contributed by atoms with E-state index in [4.69, 9.17) is 4.42 Å². The van der Waals surface area contributed by atoms with E-state index in [1.807, 2.05) is 36.7 Å². The molecule has 3 aromatic rings. The van der Waals surface area contributed by atoms with Gasteiger partial charge in [0.1, 0.15) is 5.58 Å². The Bertz CT molecular complexity index is 838. The van der Waals surface area contributed by atoms with Crippen molar-refractivity contribution in [1.29, 1.82) is 0 Å². The summed E-state index contributed by atoms with van der Waals surface area (Å²) in [7, 11) is 0. The molecule has 5 heteroatoms. The Kier molecular flexibility index (Phi) is 4.57. The molecule has 1 aliphatic heterocycles. The minimum absolute atomic E-state index is 0.286. The maximum Gasteiger partial charge on any atom is 0.151 e. The summed E-state index contributed by atoms with van der Waals surface area (Å²) in [4.78, 5) is 6.90. The Labute approximate surface area is 147 Å². The number of fused-ring (bicyclic) bond motifs is 1. The van der Waals surface area contributed by atoms with Crippen LogP contribution in [0.1, 0.15) is 18.4 Å². The molecular weight excluding hydrogens is 314 g/mol. The van der Waals surface area contributed by atoms with E-state index in [0.717, 1.165) is 54.0 Å². The van der Waals surface area contributed by atoms with Crippen LogP contribution in [0.3, 0.4) is 0 Å². The van der Waals surface area contributed by atoms with Crippen LogP contribution in [0.4, 0.5) is 11.5 Å². The van der Waals surface area contributed by atoms with Crippen molar-refractivity contribution in [3.8, 4) is 0 Å². The van der Waals surface area contributed by atoms with Crippen molar-refractivity contribution in [1.82, 2.24) is 4.98 Å². The Hall–Kier alpha value is -2.53. The summed E-state index contributed by atoms with van der Waals surface area (Å²) in [6.07, 6.45) is 5.68. The first-order valence-electron chi connectivity index (χ1n) is 8.85. The Morgan fingerprint density at radius 2 is 2.00 bits per heavy atom. The molecule has 1 saturated heterocycles. The predicted octanol–water partition coefficient (Wildman–Crippen LogP) is 3.65. The third-order valence-corrected chi connectivity index (χ3v) is 4.99. The number of nitrogens with one attached hydrogen (secondary N) is 1. The number of anilines is 2. The number of hydrogen-bond donors (Lipinski definition) is 2. The zero-order chi connectivity index (χ0) is 17.1. The molecule has 0 atom stereocenters. The Balaban J connectivity index is 1.50. The fraction of sp³-hybridized carbons (Fsp3) is 0.350. The molecule has 0 saturated carbocycles. The number of piperidine rings is 1. The molecule has 1 aliphatic rings. The fourth-order valence-electron chi connectivity index (χ4n) is 3.47. The number of para-hydroxylation sites is 1. The lowest BCUT2D eigenvalue weighted by atomic mass is 9.98. The SMILES string of the molecule is OCC1CCN(c2ncccc2NCc2coc3ccccc23)CC1. The molecule has 130 valence electrons. The van der Waals surface area contributed by atoms with Crippen LogP contribution in [0.25, 0.3) is 11.0 Å². The highest BCUT2D eigenvalue weighted by Gasteiger charge is 2.21. The average Bonchev–Trinajstić information content (AvgIpc) is 3.10. The van der Waals surface area contributed by atoms with Gasteiger partial charge in [0.15, 0.2) is 5.82 Å². The van der Waals surface area contributed by atoms with Gasteiger partial charge in [-0.1, -0.05) is 18.2 Å². The summed E-state index contributed by atoms with van der Waals surface area (Å²) in [5.74, 6) is 1.42. The molecule has 4 rings (SSSR count). The van der Waals surface area contributed by atoms with Crippen LogP contribution < -0.4 is 10.2 Å². The van der Waals surface area contributed by atoms with E-state index in [9.17, 15) is 5.11 Å². The number of rotatable bonds is 5. The lowest BCUT2D eigenvalue weighted by Gasteiger charge is -2.33. The highest BCUT2D eigenvalue weighted by molar-refractivity contribution is 5.81. The molecule has 1 fully saturated rings. The van der Waals surface area contributed by atoms with Crippen molar-refractivity contribution in [3.63, 3.8) is 0 Å². The van der Waals surface area contributed by atoms with Crippen molar-refractivity contribution in [3.05, 3.63) is 54.4 Å². The quantitative estimate of drug-likeness (QED) is 0.744. The summed E-state index contributed by atoms with van der Waals surface area (Å²) in [6, 6.07) is 12.1. The first-order valence-corrected chi connectivity index (χ1v) is 8.85. The highest BCUT2D eigenvalue weighted by atomic mass is 16.3. The monoisotopic (exact) mass is 337 g/mol. The minimum Gasteiger partial charge on any atom is -0.464 e. The molecule has 0 radical (unpaired) electrons. The van der Waals surface area contributed by atoms with E-state index in [-0.39, 0.29) is 6.61 Å². The maximum absolute atomic E-state index is 9.32. The molecule has 25 heavy (non-hydrogen) atoms. The fourth-order valence-corrected chi connectivity index (χ4v) is 3.47. The van der Waals surface area contributed by atoms with Crippen molar-refractivity contribution >= 4 is 22.5 Å². The van der Waals surface area contributed by atoms with Gasteiger partial charge in [-0.25, -0.2) is 4.98 Å². The molecule has 2 aromatic heterocycles. The summed E-state index contributed by atoms with van der Waals surface area (Å²) in [5.41, 5.74) is 3.09. The first kappa shape index (κ1) is 16.0. The third kappa shape index (κ3) is 3.33. The predicted molar refractivity (Wildman–Crippen MR) is 99.8 cm³/mol. The van der Waals surface area contributed by atoms with Crippen molar-refractivity contribution in [2.75, 3.05) is 29.9 Å². The lowest BCUT2D eigenvalue weighted by molar-refractivity contribution is 0.203. The van der Waals surface area contributed by atoms with Gasteiger partial charge in [-0.2, -0.15) is 0 Å². The van der Waals surface area contributed by atoms with E-state index in [1.54, 1.807) is 0 Å². The number of aliphatic hydroxyl groups excluding tert-OH is 1. The van der Waals surface area contributed by atoms with Gasteiger partial charge in [-0.3, -0.25) is 0 Å². The number of hydrogen-bond acceptors (Lipinski definition) is 5. The van der Waals surface area contributed by atoms with Crippen molar-refractivity contribution < 1.29 is 9.52 Å². The standard InChI is InChI=1S/C20H23N3O2/c24-13-15-7-10-23(11-8-15)20-18(5-3-9-21-20)22-12-16-14-25-19-6-2-1-4-17(16)19/h1-6,9,14-15,22,24H,7-8,10-13H2. The second kappa shape index (κ2) is 7.15. The minimum atomic E-state index is 0.286. The van der Waals surface area contributed by atoms with E-state index in [2.05, 4.69) is 27.3 Å². The molecule has 0 amide bonds. The van der Waals surface area contributed by atoms with Gasteiger partial charge in [0, 0.05) is 43.4 Å². The van der Waals surface area contributed by atoms with Gasteiger partial charge in [0.2, 0.25) is 0 Å². The van der Waals surface area contributed by atoms with Crippen LogP contribution in [0.2, 0.25) is 0 Å². The third-order valence-electron chi connectivity index (χ3n) is 4.99. The number of furan rings is 1. The zero-order valence-electron chi connectivity index (χ0n) is 14.2. The van der Waals surface area contributed by atoms with Gasteiger partial charge >= 0.3 is 0 Å². The second-order valence-electron chi connectivity index (χ2n) is 6.60. The van der Waals surface area contributed by atoms with Gasteiger partial charge < -0.3 is 19.7 Å². The van der Waals surface area contributed by atoms with Gasteiger partial charge in [0.05, 0.1) is 12.0 Å². The number of benzene rings is 1. The van der Waals surface area contributed by atoms with E-state index >= 15 is 0 Å². The number of aliphatic hydroxyl groups is 1. The number of aromatic nitrogens is 1. The molecule has 0 spiro atoms. The molecule has 0 unspecified atom stereocenters. The second-order valence-corrected chi connectivity index (χ2v) is 6.60. The highest BCUT2D eigenvalue weighted by Crippen LogP contribution is 2.29. The van der Waals surface area contributed by atoms with Crippen LogP contribution >= 0.6 is 0 Å². The largest absolute Gasteiger partial charge is 0.464 e. The van der Waals surface area contributed by atoms with Crippen LogP contribution in [0.15, 0.2) is 53.3 Å². The van der Waals surface area contributed by atoms with Gasteiger partial charge in [0.25, 0.3) is 0 Å². The van der Waals surface area contributed by atoms with E-state index in [1.165, 1.54) is 0 Å². The lowest BCUT2D eigenvalue weighted by Crippen LogP contribution is -2.35. The zero-order valence-corrected chi connectivity index (χ0v) is 14.2.